The summed E-state index contributed by atoms with van der Waals surface area (Å²) in [4.78, 5) is 12.5. The van der Waals surface area contributed by atoms with Crippen molar-refractivity contribution >= 4 is 5.97 Å². The molecule has 2 aromatic carbocycles. The van der Waals surface area contributed by atoms with Crippen LogP contribution in [-0.2, 0) is 16.0 Å². The number of hydrogen-bond acceptors (Lipinski definition) is 8. The summed E-state index contributed by atoms with van der Waals surface area (Å²) in [6.45, 7) is -0.394. The molecule has 0 bridgehead atoms. The zero-order chi connectivity index (χ0) is 21.6. The molecule has 3 unspecified atom stereocenters. The predicted molar refractivity (Wildman–Crippen MR) is 104 cm³/mol. The van der Waals surface area contributed by atoms with Gasteiger partial charge < -0.3 is 34.6 Å². The molecule has 0 spiro atoms. The van der Waals surface area contributed by atoms with Gasteiger partial charge in [0.15, 0.2) is 23.0 Å². The Bertz CT molecular complexity index is 835. The van der Waals surface area contributed by atoms with E-state index in [2.05, 4.69) is 0 Å². The highest BCUT2D eigenvalue weighted by Gasteiger charge is 2.36. The van der Waals surface area contributed by atoms with Crippen LogP contribution in [0.5, 0.6) is 23.0 Å². The molecule has 4 N–H and O–H groups in total. The van der Waals surface area contributed by atoms with Gasteiger partial charge in [-0.15, -0.1) is 0 Å². The summed E-state index contributed by atoms with van der Waals surface area (Å²) in [5.74, 6) is -2.18. The van der Waals surface area contributed by atoms with Crippen LogP contribution >= 0.6 is 0 Å². The van der Waals surface area contributed by atoms with Gasteiger partial charge in [-0.25, -0.2) is 0 Å². The van der Waals surface area contributed by atoms with Crippen LogP contribution in [0.1, 0.15) is 17.2 Å². The van der Waals surface area contributed by atoms with Crippen LogP contribution in [0.15, 0.2) is 36.4 Å². The number of aromatic hydroxyl groups is 2. The third kappa shape index (κ3) is 5.10. The number of aliphatic hydroxyl groups excluding tert-OH is 2. The molecule has 3 atom stereocenters. The minimum Gasteiger partial charge on any atom is -0.504 e. The van der Waals surface area contributed by atoms with Crippen molar-refractivity contribution < 1.29 is 39.4 Å². The minimum atomic E-state index is -1.31. The molecule has 0 aliphatic rings. The molecule has 0 heterocycles. The van der Waals surface area contributed by atoms with Gasteiger partial charge in [0.05, 0.1) is 33.4 Å². The Morgan fingerprint density at radius 1 is 0.966 bits per heavy atom. The molecule has 158 valence electrons. The van der Waals surface area contributed by atoms with Crippen molar-refractivity contribution in [3.8, 4) is 23.0 Å². The normalized spacial score (nSPS) is 14.0. The summed E-state index contributed by atoms with van der Waals surface area (Å²) in [7, 11) is 4.00. The van der Waals surface area contributed by atoms with Crippen molar-refractivity contribution in [3.63, 3.8) is 0 Å². The van der Waals surface area contributed by atoms with Crippen molar-refractivity contribution in [1.82, 2.24) is 0 Å². The highest BCUT2D eigenvalue weighted by atomic mass is 16.5. The summed E-state index contributed by atoms with van der Waals surface area (Å²) >= 11 is 0. The third-order valence-electron chi connectivity index (χ3n) is 4.84. The van der Waals surface area contributed by atoms with Gasteiger partial charge in [0.25, 0.3) is 0 Å². The molecular weight excluding hydrogens is 380 g/mol. The van der Waals surface area contributed by atoms with Gasteiger partial charge in [-0.1, -0.05) is 12.1 Å². The van der Waals surface area contributed by atoms with Crippen LogP contribution in [0.25, 0.3) is 0 Å². The largest absolute Gasteiger partial charge is 0.504 e. The number of ether oxygens (including phenoxy) is 3. The lowest BCUT2D eigenvalue weighted by molar-refractivity contribution is -0.153. The van der Waals surface area contributed by atoms with E-state index < -0.39 is 30.5 Å². The maximum atomic E-state index is 12.5. The Balaban J connectivity index is 2.37. The van der Waals surface area contributed by atoms with Gasteiger partial charge >= 0.3 is 5.97 Å². The summed E-state index contributed by atoms with van der Waals surface area (Å²) in [5, 5.41) is 40.4. The molecule has 29 heavy (non-hydrogen) atoms. The fraction of sp³-hybridized carbons (Fsp3) is 0.381. The number of esters is 1. The number of carbonyl (C=O) groups is 1. The van der Waals surface area contributed by atoms with Crippen molar-refractivity contribution in [2.45, 2.75) is 12.5 Å². The lowest BCUT2D eigenvalue weighted by Gasteiger charge is -2.28. The molecule has 0 saturated heterocycles. The number of phenols is 2. The first-order valence-corrected chi connectivity index (χ1v) is 8.95. The Morgan fingerprint density at radius 2 is 1.55 bits per heavy atom. The van der Waals surface area contributed by atoms with Gasteiger partial charge in [-0.2, -0.15) is 0 Å². The Kier molecular flexibility index (Phi) is 7.69. The second-order valence-electron chi connectivity index (χ2n) is 6.58. The second kappa shape index (κ2) is 9.99. The van der Waals surface area contributed by atoms with Gasteiger partial charge in [-0.3, -0.25) is 4.79 Å². The SMILES string of the molecule is COC(=O)C(C(CO)Cc1ccc(O)c(OC)c1)C(O)c1ccc(O)c(OC)c1. The summed E-state index contributed by atoms with van der Waals surface area (Å²) < 4.78 is 15.0. The van der Waals surface area contributed by atoms with Crippen molar-refractivity contribution in [1.29, 1.82) is 0 Å². The maximum Gasteiger partial charge on any atom is 0.312 e. The van der Waals surface area contributed by atoms with Gasteiger partial charge in [0, 0.05) is 12.5 Å². The Hall–Kier alpha value is -2.97. The van der Waals surface area contributed by atoms with Crippen LogP contribution in [0, 0.1) is 11.8 Å². The molecule has 0 aromatic heterocycles. The van der Waals surface area contributed by atoms with E-state index in [1.807, 2.05) is 0 Å². The maximum absolute atomic E-state index is 12.5. The number of phenolic OH excluding ortho intramolecular Hbond substituents is 2. The lowest BCUT2D eigenvalue weighted by atomic mass is 9.81. The molecular formula is C21H26O8. The highest BCUT2D eigenvalue weighted by molar-refractivity contribution is 5.74. The predicted octanol–water partition coefficient (Wildman–Crippen LogP) is 1.79. The van der Waals surface area contributed by atoms with E-state index in [4.69, 9.17) is 14.2 Å². The van der Waals surface area contributed by atoms with Crippen LogP contribution < -0.4 is 9.47 Å². The van der Waals surface area contributed by atoms with Gasteiger partial charge in [0.2, 0.25) is 0 Å². The Labute approximate surface area is 168 Å². The second-order valence-corrected chi connectivity index (χ2v) is 6.58. The fourth-order valence-corrected chi connectivity index (χ4v) is 3.26. The van der Waals surface area contributed by atoms with E-state index in [0.717, 1.165) is 0 Å². The molecule has 0 aliphatic carbocycles. The molecule has 0 aliphatic heterocycles. The first-order valence-electron chi connectivity index (χ1n) is 8.95. The van der Waals surface area contributed by atoms with E-state index in [0.29, 0.717) is 11.1 Å². The third-order valence-corrected chi connectivity index (χ3v) is 4.84. The zero-order valence-electron chi connectivity index (χ0n) is 16.5. The van der Waals surface area contributed by atoms with E-state index >= 15 is 0 Å². The van der Waals surface area contributed by atoms with Crippen molar-refractivity contribution in [2.75, 3.05) is 27.9 Å². The van der Waals surface area contributed by atoms with Crippen LogP contribution in [-0.4, -0.2) is 54.3 Å². The summed E-state index contributed by atoms with van der Waals surface area (Å²) in [5.41, 5.74) is 1.03. The fourth-order valence-electron chi connectivity index (χ4n) is 3.26. The van der Waals surface area contributed by atoms with E-state index in [-0.39, 0.29) is 29.4 Å². The quantitative estimate of drug-likeness (QED) is 0.465. The standard InChI is InChI=1S/C21H26O8/c1-27-17-9-12(4-6-15(17)23)8-14(11-22)19(21(26)29-3)20(25)13-5-7-16(24)18(10-13)28-2/h4-7,9-10,14,19-20,22-25H,8,11H2,1-3H3. The average molecular weight is 406 g/mol. The highest BCUT2D eigenvalue weighted by Crippen LogP contribution is 2.36. The molecule has 0 amide bonds. The van der Waals surface area contributed by atoms with Crippen LogP contribution in [0.2, 0.25) is 0 Å². The number of aliphatic hydroxyl groups is 2. The number of carbonyl (C=O) groups excluding carboxylic acids is 1. The Morgan fingerprint density at radius 3 is 2.10 bits per heavy atom. The first-order chi connectivity index (χ1) is 13.9. The van der Waals surface area contributed by atoms with E-state index in [1.54, 1.807) is 12.1 Å². The van der Waals surface area contributed by atoms with E-state index in [1.165, 1.54) is 45.6 Å². The number of benzene rings is 2. The lowest BCUT2D eigenvalue weighted by Crippen LogP contribution is -2.34. The summed E-state index contributed by atoms with van der Waals surface area (Å²) in [6.07, 6.45) is -1.09. The smallest absolute Gasteiger partial charge is 0.312 e. The minimum absolute atomic E-state index is 0.0301. The van der Waals surface area contributed by atoms with Crippen LogP contribution in [0.3, 0.4) is 0 Å². The van der Waals surface area contributed by atoms with Gasteiger partial charge in [0.1, 0.15) is 0 Å². The monoisotopic (exact) mass is 406 g/mol. The molecule has 2 rings (SSSR count). The average Bonchev–Trinajstić information content (AvgIpc) is 2.74. The molecule has 0 radical (unpaired) electrons. The first kappa shape index (κ1) is 22.3. The molecule has 8 heteroatoms. The zero-order valence-corrected chi connectivity index (χ0v) is 16.5. The van der Waals surface area contributed by atoms with Crippen LogP contribution in [0.4, 0.5) is 0 Å². The number of rotatable bonds is 9. The molecule has 8 nitrogen and oxygen atoms in total. The van der Waals surface area contributed by atoms with E-state index in [9.17, 15) is 25.2 Å². The topological polar surface area (TPSA) is 126 Å². The summed E-state index contributed by atoms with van der Waals surface area (Å²) in [6, 6.07) is 8.94. The van der Waals surface area contributed by atoms with Gasteiger partial charge in [-0.05, 0) is 41.8 Å². The molecule has 0 saturated carbocycles. The number of hydrogen-bond donors (Lipinski definition) is 4. The van der Waals surface area contributed by atoms with Crippen molar-refractivity contribution in [3.05, 3.63) is 47.5 Å². The molecule has 0 fully saturated rings. The molecule has 2 aromatic rings. The van der Waals surface area contributed by atoms with Crippen molar-refractivity contribution in [2.24, 2.45) is 11.8 Å². The number of methoxy groups -OCH3 is 3.